The zero-order chi connectivity index (χ0) is 5.86. The van der Waals surface area contributed by atoms with Crippen molar-refractivity contribution in [2.24, 2.45) is 5.16 Å². The summed E-state index contributed by atoms with van der Waals surface area (Å²) < 4.78 is 0. The quantitative estimate of drug-likeness (QED) is 0.242. The summed E-state index contributed by atoms with van der Waals surface area (Å²) in [5, 5.41) is 10.9. The molecule has 7 heavy (non-hydrogen) atoms. The van der Waals surface area contributed by atoms with Gasteiger partial charge >= 0.3 is 0 Å². The molecule has 40 valence electrons. The molecule has 0 aromatic heterocycles. The summed E-state index contributed by atoms with van der Waals surface area (Å²) in [6.07, 6.45) is 0. The first-order valence-corrected chi connectivity index (χ1v) is 2.29. The molecule has 0 rings (SSSR count). The molecule has 0 aromatic rings. The van der Waals surface area contributed by atoms with Crippen molar-refractivity contribution in [2.45, 2.75) is 13.8 Å². The van der Waals surface area contributed by atoms with Gasteiger partial charge in [-0.25, -0.2) is 0 Å². The van der Waals surface area contributed by atoms with Crippen LogP contribution in [0.4, 0.5) is 0 Å². The third-order valence-corrected chi connectivity index (χ3v) is 0.955. The molecular weight excluding hydrogens is 110 g/mol. The standard InChI is InChI=1S/C4H7NOS/c1-3(5-6)4(2)7/h6H,1-2H3/b5-3+. The van der Waals surface area contributed by atoms with Gasteiger partial charge in [-0.2, -0.15) is 0 Å². The predicted octanol–water partition coefficient (Wildman–Crippen LogP) is 1.23. The zero-order valence-corrected chi connectivity index (χ0v) is 5.12. The third kappa shape index (κ3) is 2.28. The SMILES string of the molecule is CC(=S)/C(C)=N/O. The van der Waals surface area contributed by atoms with Gasteiger partial charge in [-0.15, -0.1) is 0 Å². The van der Waals surface area contributed by atoms with Crippen LogP contribution in [0.5, 0.6) is 0 Å². The summed E-state index contributed by atoms with van der Waals surface area (Å²) in [6, 6.07) is 0. The lowest BCUT2D eigenvalue weighted by Crippen LogP contribution is -2.00. The molecule has 3 heteroatoms. The van der Waals surface area contributed by atoms with Crippen LogP contribution in [0.3, 0.4) is 0 Å². The van der Waals surface area contributed by atoms with Gasteiger partial charge in [0.2, 0.25) is 0 Å². The molecule has 0 aliphatic heterocycles. The van der Waals surface area contributed by atoms with E-state index < -0.39 is 0 Å². The van der Waals surface area contributed by atoms with E-state index in [1.54, 1.807) is 13.8 Å². The second-order valence-corrected chi connectivity index (χ2v) is 1.85. The van der Waals surface area contributed by atoms with Gasteiger partial charge in [0.25, 0.3) is 0 Å². The van der Waals surface area contributed by atoms with Gasteiger partial charge in [0.05, 0.1) is 5.71 Å². The van der Waals surface area contributed by atoms with Crippen molar-refractivity contribution in [1.29, 1.82) is 0 Å². The van der Waals surface area contributed by atoms with E-state index in [0.717, 1.165) is 0 Å². The Morgan fingerprint density at radius 3 is 2.00 bits per heavy atom. The minimum atomic E-state index is 0.509. The first kappa shape index (κ1) is 6.56. The maximum atomic E-state index is 8.01. The summed E-state index contributed by atoms with van der Waals surface area (Å²) >= 11 is 4.63. The predicted molar refractivity (Wildman–Crippen MR) is 33.2 cm³/mol. The molecule has 0 saturated heterocycles. The summed E-state index contributed by atoms with van der Waals surface area (Å²) in [5.74, 6) is 0. The second-order valence-electron chi connectivity index (χ2n) is 1.24. The summed E-state index contributed by atoms with van der Waals surface area (Å²) in [5.41, 5.74) is 0.509. The molecule has 2 nitrogen and oxygen atoms in total. The van der Waals surface area contributed by atoms with Gasteiger partial charge in [-0.05, 0) is 13.8 Å². The number of hydrogen-bond acceptors (Lipinski definition) is 3. The fraction of sp³-hybridized carbons (Fsp3) is 0.500. The summed E-state index contributed by atoms with van der Waals surface area (Å²) in [6.45, 7) is 3.37. The van der Waals surface area contributed by atoms with Gasteiger partial charge in [0, 0.05) is 4.86 Å². The Hall–Kier alpha value is -0.440. The zero-order valence-electron chi connectivity index (χ0n) is 4.30. The molecule has 0 aromatic carbocycles. The van der Waals surface area contributed by atoms with E-state index in [9.17, 15) is 0 Å². The topological polar surface area (TPSA) is 32.6 Å². The molecule has 0 spiro atoms. The van der Waals surface area contributed by atoms with Gasteiger partial charge in [0.1, 0.15) is 0 Å². The molecule has 0 unspecified atom stereocenters. The maximum Gasteiger partial charge on any atom is 0.0900 e. The first-order chi connectivity index (χ1) is 3.18. The van der Waals surface area contributed by atoms with Gasteiger partial charge in [-0.3, -0.25) is 0 Å². The van der Waals surface area contributed by atoms with Crippen molar-refractivity contribution >= 4 is 22.8 Å². The van der Waals surface area contributed by atoms with Crippen LogP contribution in [-0.2, 0) is 0 Å². The normalized spacial score (nSPS) is 11.4. The van der Waals surface area contributed by atoms with Crippen LogP contribution in [0, 0.1) is 0 Å². The average molecular weight is 117 g/mol. The van der Waals surface area contributed by atoms with Crippen molar-refractivity contribution in [1.82, 2.24) is 0 Å². The Bertz CT molecular complexity index is 108. The Kier molecular flexibility index (Phi) is 2.52. The molecule has 0 atom stereocenters. The number of thiocarbonyl (C=S) groups is 1. The minimum absolute atomic E-state index is 0.509. The Morgan fingerprint density at radius 2 is 2.00 bits per heavy atom. The number of oxime groups is 1. The summed E-state index contributed by atoms with van der Waals surface area (Å²) in [7, 11) is 0. The van der Waals surface area contributed by atoms with Crippen LogP contribution < -0.4 is 0 Å². The third-order valence-electron chi connectivity index (χ3n) is 0.660. The number of hydrogen-bond donors (Lipinski definition) is 1. The lowest BCUT2D eigenvalue weighted by Gasteiger charge is -1.86. The van der Waals surface area contributed by atoms with E-state index >= 15 is 0 Å². The monoisotopic (exact) mass is 117 g/mol. The number of rotatable bonds is 1. The van der Waals surface area contributed by atoms with Crippen LogP contribution in [0.2, 0.25) is 0 Å². The number of nitrogens with zero attached hydrogens (tertiary/aromatic N) is 1. The Labute approximate surface area is 47.8 Å². The maximum absolute atomic E-state index is 8.01. The molecule has 0 fully saturated rings. The fourth-order valence-corrected chi connectivity index (χ4v) is 0.111. The van der Waals surface area contributed by atoms with Crippen LogP contribution in [0.25, 0.3) is 0 Å². The molecule has 0 bridgehead atoms. The van der Waals surface area contributed by atoms with Crippen LogP contribution >= 0.6 is 12.2 Å². The van der Waals surface area contributed by atoms with Gasteiger partial charge in [-0.1, -0.05) is 17.4 Å². The lowest BCUT2D eigenvalue weighted by atomic mass is 10.3. The van der Waals surface area contributed by atoms with E-state index in [0.29, 0.717) is 10.6 Å². The molecule has 0 saturated carbocycles. The fourth-order valence-electron chi connectivity index (χ4n) is 0.0704. The molecule has 0 radical (unpaired) electrons. The van der Waals surface area contributed by atoms with Crippen molar-refractivity contribution in [3.8, 4) is 0 Å². The van der Waals surface area contributed by atoms with Crippen LogP contribution in [0.1, 0.15) is 13.8 Å². The highest BCUT2D eigenvalue weighted by Gasteiger charge is 1.88. The van der Waals surface area contributed by atoms with Gasteiger partial charge in [0.15, 0.2) is 0 Å². The van der Waals surface area contributed by atoms with E-state index in [1.807, 2.05) is 0 Å². The van der Waals surface area contributed by atoms with Crippen molar-refractivity contribution < 1.29 is 5.21 Å². The smallest absolute Gasteiger partial charge is 0.0900 e. The highest BCUT2D eigenvalue weighted by Crippen LogP contribution is 1.78. The molecular formula is C4H7NOS. The van der Waals surface area contributed by atoms with E-state index in [4.69, 9.17) is 5.21 Å². The Morgan fingerprint density at radius 1 is 1.57 bits per heavy atom. The molecule has 0 aliphatic carbocycles. The van der Waals surface area contributed by atoms with Gasteiger partial charge < -0.3 is 5.21 Å². The molecule has 0 amide bonds. The second kappa shape index (κ2) is 2.69. The van der Waals surface area contributed by atoms with Crippen molar-refractivity contribution in [3.05, 3.63) is 0 Å². The van der Waals surface area contributed by atoms with Crippen LogP contribution in [0.15, 0.2) is 5.16 Å². The van der Waals surface area contributed by atoms with E-state index in [1.165, 1.54) is 0 Å². The van der Waals surface area contributed by atoms with Crippen molar-refractivity contribution in [2.75, 3.05) is 0 Å². The Balaban J connectivity index is 3.82. The molecule has 0 heterocycles. The van der Waals surface area contributed by atoms with Crippen molar-refractivity contribution in [3.63, 3.8) is 0 Å². The molecule has 1 N–H and O–H groups in total. The van der Waals surface area contributed by atoms with E-state index in [-0.39, 0.29) is 0 Å². The van der Waals surface area contributed by atoms with E-state index in [2.05, 4.69) is 17.4 Å². The first-order valence-electron chi connectivity index (χ1n) is 1.88. The summed E-state index contributed by atoms with van der Waals surface area (Å²) in [4.78, 5) is 0.627. The average Bonchev–Trinajstić information content (AvgIpc) is 1.65. The highest BCUT2D eigenvalue weighted by molar-refractivity contribution is 7.82. The molecule has 0 aliphatic rings. The minimum Gasteiger partial charge on any atom is -0.411 e. The highest BCUT2D eigenvalue weighted by atomic mass is 32.1. The van der Waals surface area contributed by atoms with Crippen LogP contribution in [-0.4, -0.2) is 15.8 Å². The lowest BCUT2D eigenvalue weighted by molar-refractivity contribution is 0.320. The largest absolute Gasteiger partial charge is 0.411 e.